The third-order valence-electron chi connectivity index (χ3n) is 4.03. The van der Waals surface area contributed by atoms with Gasteiger partial charge in [0.2, 0.25) is 5.91 Å². The molecule has 0 heterocycles. The van der Waals surface area contributed by atoms with Gasteiger partial charge in [0.15, 0.2) is 0 Å². The monoisotopic (exact) mass is 319 g/mol. The molecule has 2 aromatic rings. The number of allylic oxidation sites excluding steroid dienone is 1. The molecule has 0 radical (unpaired) electrons. The van der Waals surface area contributed by atoms with E-state index in [0.717, 1.165) is 28.1 Å². The molecule has 2 rings (SSSR count). The van der Waals surface area contributed by atoms with Gasteiger partial charge in [-0.1, -0.05) is 48.6 Å². The van der Waals surface area contributed by atoms with Crippen molar-refractivity contribution in [1.29, 1.82) is 0 Å². The van der Waals surface area contributed by atoms with Crippen LogP contribution in [0.4, 0.5) is 11.4 Å². The predicted molar refractivity (Wildman–Crippen MR) is 104 cm³/mol. The van der Waals surface area contributed by atoms with Crippen molar-refractivity contribution in [2.75, 3.05) is 4.90 Å². The second kappa shape index (κ2) is 7.78. The van der Waals surface area contributed by atoms with Gasteiger partial charge >= 0.3 is 0 Å². The minimum atomic E-state index is 0.0752. The Labute approximate surface area is 145 Å². The number of carbonyl (C=O) groups is 1. The Hall–Kier alpha value is -2.61. The molecule has 0 spiro atoms. The van der Waals surface area contributed by atoms with Crippen LogP contribution >= 0.6 is 0 Å². The first-order valence-corrected chi connectivity index (χ1v) is 8.22. The van der Waals surface area contributed by atoms with Gasteiger partial charge in [0.25, 0.3) is 0 Å². The number of aryl methyl sites for hydroxylation is 3. The predicted octanol–water partition coefficient (Wildman–Crippen LogP) is 5.89. The van der Waals surface area contributed by atoms with E-state index in [-0.39, 0.29) is 5.91 Å². The van der Waals surface area contributed by atoms with Gasteiger partial charge in [0.05, 0.1) is 5.69 Å². The third kappa shape index (κ3) is 3.83. The summed E-state index contributed by atoms with van der Waals surface area (Å²) in [5.41, 5.74) is 6.24. The number of carbonyl (C=O) groups excluding carboxylic acids is 1. The molecule has 0 aliphatic heterocycles. The van der Waals surface area contributed by atoms with Crippen molar-refractivity contribution >= 4 is 23.4 Å². The van der Waals surface area contributed by atoms with Crippen LogP contribution in [0.1, 0.15) is 35.1 Å². The molecule has 0 unspecified atom stereocenters. The number of benzene rings is 2. The maximum atomic E-state index is 12.9. The topological polar surface area (TPSA) is 20.3 Å². The smallest absolute Gasteiger partial charge is 0.231 e. The molecule has 24 heavy (non-hydrogen) atoms. The van der Waals surface area contributed by atoms with Crippen molar-refractivity contribution in [3.63, 3.8) is 0 Å². The summed E-state index contributed by atoms with van der Waals surface area (Å²) in [5, 5.41) is 0. The number of amides is 1. The lowest BCUT2D eigenvalue weighted by Gasteiger charge is -2.27. The second-order valence-corrected chi connectivity index (χ2v) is 6.10. The fraction of sp³-hybridized carbons (Fsp3) is 0.227. The normalized spacial score (nSPS) is 10.3. The van der Waals surface area contributed by atoms with Crippen molar-refractivity contribution in [2.45, 2.75) is 33.6 Å². The van der Waals surface area contributed by atoms with E-state index in [9.17, 15) is 4.79 Å². The first-order chi connectivity index (χ1) is 11.5. The van der Waals surface area contributed by atoms with E-state index in [1.54, 1.807) is 12.2 Å². The standard InChI is InChI=1S/C22H25NO/c1-6-8-12-21(24)23(20-11-9-10-19(7-2)15-20)22-17(4)13-16(3)14-18(22)5/h6-7,9-11,13-15H,1-2,8,12H2,3-5H3. The average Bonchev–Trinajstić information content (AvgIpc) is 2.55. The Morgan fingerprint density at radius 2 is 1.75 bits per heavy atom. The molecular formula is C22H25NO. The molecule has 2 nitrogen and oxygen atoms in total. The number of anilines is 2. The first kappa shape index (κ1) is 17.7. The van der Waals surface area contributed by atoms with Gasteiger partial charge in [-0.3, -0.25) is 9.69 Å². The Kier molecular flexibility index (Phi) is 5.75. The van der Waals surface area contributed by atoms with E-state index >= 15 is 0 Å². The van der Waals surface area contributed by atoms with E-state index in [2.05, 4.69) is 46.1 Å². The maximum absolute atomic E-state index is 12.9. The van der Waals surface area contributed by atoms with Crippen molar-refractivity contribution in [3.8, 4) is 0 Å². The molecule has 0 bridgehead atoms. The van der Waals surface area contributed by atoms with Crippen LogP contribution in [-0.2, 0) is 4.79 Å². The maximum Gasteiger partial charge on any atom is 0.231 e. The summed E-state index contributed by atoms with van der Waals surface area (Å²) in [7, 11) is 0. The van der Waals surface area contributed by atoms with Crippen molar-refractivity contribution < 1.29 is 4.79 Å². The second-order valence-electron chi connectivity index (χ2n) is 6.10. The van der Waals surface area contributed by atoms with Gasteiger partial charge in [-0.2, -0.15) is 0 Å². The summed E-state index contributed by atoms with van der Waals surface area (Å²) in [6.07, 6.45) is 4.69. The molecule has 0 saturated heterocycles. The summed E-state index contributed by atoms with van der Waals surface area (Å²) < 4.78 is 0. The summed E-state index contributed by atoms with van der Waals surface area (Å²) in [4.78, 5) is 14.8. The highest BCUT2D eigenvalue weighted by Crippen LogP contribution is 2.34. The van der Waals surface area contributed by atoms with Gasteiger partial charge in [-0.25, -0.2) is 0 Å². The fourth-order valence-corrected chi connectivity index (χ4v) is 3.05. The van der Waals surface area contributed by atoms with Gasteiger partial charge < -0.3 is 0 Å². The molecule has 1 amide bonds. The number of nitrogens with zero attached hydrogens (tertiary/aromatic N) is 1. The average molecular weight is 319 g/mol. The summed E-state index contributed by atoms with van der Waals surface area (Å²) >= 11 is 0. The third-order valence-corrected chi connectivity index (χ3v) is 4.03. The van der Waals surface area contributed by atoms with Crippen LogP contribution in [0.5, 0.6) is 0 Å². The molecule has 2 aromatic carbocycles. The zero-order valence-electron chi connectivity index (χ0n) is 14.8. The largest absolute Gasteiger partial charge is 0.281 e. The van der Waals surface area contributed by atoms with Crippen LogP contribution in [0.15, 0.2) is 55.6 Å². The van der Waals surface area contributed by atoms with E-state index < -0.39 is 0 Å². The van der Waals surface area contributed by atoms with E-state index in [1.807, 2.05) is 29.2 Å². The summed E-state index contributed by atoms with van der Waals surface area (Å²) in [6.45, 7) is 13.7. The minimum Gasteiger partial charge on any atom is -0.281 e. The number of hydrogen-bond donors (Lipinski definition) is 0. The molecule has 0 atom stereocenters. The van der Waals surface area contributed by atoms with Gasteiger partial charge in [0, 0.05) is 12.1 Å². The van der Waals surface area contributed by atoms with Crippen LogP contribution in [0.2, 0.25) is 0 Å². The van der Waals surface area contributed by atoms with Crippen LogP contribution < -0.4 is 4.90 Å². The first-order valence-electron chi connectivity index (χ1n) is 8.22. The van der Waals surface area contributed by atoms with Crippen molar-refractivity contribution in [1.82, 2.24) is 0 Å². The van der Waals surface area contributed by atoms with Gasteiger partial charge in [-0.05, 0) is 56.0 Å². The van der Waals surface area contributed by atoms with Crippen LogP contribution in [0.3, 0.4) is 0 Å². The molecule has 0 fully saturated rings. The zero-order chi connectivity index (χ0) is 17.7. The van der Waals surface area contributed by atoms with Crippen molar-refractivity contribution in [2.24, 2.45) is 0 Å². The Bertz CT molecular complexity index is 750. The molecule has 0 N–H and O–H groups in total. The van der Waals surface area contributed by atoms with E-state index in [4.69, 9.17) is 0 Å². The lowest BCUT2D eigenvalue weighted by Crippen LogP contribution is -2.27. The number of rotatable bonds is 6. The van der Waals surface area contributed by atoms with Gasteiger partial charge in [-0.15, -0.1) is 6.58 Å². The summed E-state index contributed by atoms with van der Waals surface area (Å²) in [6, 6.07) is 12.1. The fourth-order valence-electron chi connectivity index (χ4n) is 3.05. The molecule has 2 heteroatoms. The van der Waals surface area contributed by atoms with E-state index in [0.29, 0.717) is 12.8 Å². The highest BCUT2D eigenvalue weighted by Gasteiger charge is 2.21. The molecule has 0 aromatic heterocycles. The Morgan fingerprint density at radius 1 is 1.08 bits per heavy atom. The minimum absolute atomic E-state index is 0.0752. The lowest BCUT2D eigenvalue weighted by atomic mass is 10.0. The van der Waals surface area contributed by atoms with Crippen molar-refractivity contribution in [3.05, 3.63) is 77.9 Å². The number of hydrogen-bond acceptors (Lipinski definition) is 1. The lowest BCUT2D eigenvalue weighted by molar-refractivity contribution is -0.117. The van der Waals surface area contributed by atoms with Crippen LogP contribution in [-0.4, -0.2) is 5.91 Å². The highest BCUT2D eigenvalue weighted by molar-refractivity contribution is 6.02. The SMILES string of the molecule is C=CCCC(=O)N(c1cccc(C=C)c1)c1c(C)cc(C)cc1C. The summed E-state index contributed by atoms with van der Waals surface area (Å²) in [5.74, 6) is 0.0752. The Balaban J connectivity index is 2.61. The molecular weight excluding hydrogens is 294 g/mol. The molecule has 0 aliphatic rings. The van der Waals surface area contributed by atoms with Crippen LogP contribution in [0.25, 0.3) is 6.08 Å². The zero-order valence-corrected chi connectivity index (χ0v) is 14.8. The van der Waals surface area contributed by atoms with Crippen LogP contribution in [0, 0.1) is 20.8 Å². The van der Waals surface area contributed by atoms with Gasteiger partial charge in [0.1, 0.15) is 0 Å². The quantitative estimate of drug-likeness (QED) is 0.608. The molecule has 0 aliphatic carbocycles. The molecule has 0 saturated carbocycles. The Morgan fingerprint density at radius 3 is 2.33 bits per heavy atom. The highest BCUT2D eigenvalue weighted by atomic mass is 16.2. The van der Waals surface area contributed by atoms with E-state index in [1.165, 1.54) is 5.56 Å². The molecule has 124 valence electrons.